The number of hydrogen-bond acceptors (Lipinski definition) is 0. The number of alkyl halides is 6. The van der Waals surface area contributed by atoms with E-state index in [1.165, 1.54) is 38.1 Å². The lowest BCUT2D eigenvalue weighted by atomic mass is 9.97. The first kappa shape index (κ1) is 17.4. The quantitative estimate of drug-likeness (QED) is 0.598. The van der Waals surface area contributed by atoms with Crippen LogP contribution >= 0.6 is 0 Å². The molecule has 124 valence electrons. The van der Waals surface area contributed by atoms with Gasteiger partial charge in [0.2, 0.25) is 0 Å². The van der Waals surface area contributed by atoms with Gasteiger partial charge in [-0.05, 0) is 54.7 Å². The van der Waals surface area contributed by atoms with E-state index >= 15 is 0 Å². The van der Waals surface area contributed by atoms with Crippen LogP contribution in [0.4, 0.5) is 26.3 Å². The van der Waals surface area contributed by atoms with Crippen LogP contribution in [0.3, 0.4) is 0 Å². The fourth-order valence-corrected chi connectivity index (χ4v) is 2.40. The van der Waals surface area contributed by atoms with E-state index in [-0.39, 0.29) is 17.5 Å². The summed E-state index contributed by atoms with van der Waals surface area (Å²) in [6.45, 7) is 2.69. The Kier molecular flexibility index (Phi) is 4.46. The van der Waals surface area contributed by atoms with Crippen molar-refractivity contribution in [1.82, 2.24) is 0 Å². The van der Waals surface area contributed by atoms with Gasteiger partial charge in [0.15, 0.2) is 0 Å². The fraction of sp³-hybridized carbons (Fsp3) is 0.294. The molecule has 0 bridgehead atoms. The molecular weight excluding hydrogens is 318 g/mol. The highest BCUT2D eigenvalue weighted by Crippen LogP contribution is 2.34. The van der Waals surface area contributed by atoms with Gasteiger partial charge >= 0.3 is 12.4 Å². The molecule has 0 nitrogen and oxygen atoms in total. The SMILES string of the molecule is Cc1ccc(Cc2ccc(C)c(C(F)(F)F)c2)cc1C(F)(F)F. The lowest BCUT2D eigenvalue weighted by Gasteiger charge is -2.14. The second-order valence-corrected chi connectivity index (χ2v) is 5.47. The van der Waals surface area contributed by atoms with Crippen LogP contribution in [0.1, 0.15) is 33.4 Å². The molecule has 6 heteroatoms. The van der Waals surface area contributed by atoms with Crippen LogP contribution in [0, 0.1) is 13.8 Å². The molecule has 0 heterocycles. The molecule has 0 spiro atoms. The minimum Gasteiger partial charge on any atom is -0.166 e. The molecule has 0 N–H and O–H groups in total. The third-order valence-electron chi connectivity index (χ3n) is 3.62. The second kappa shape index (κ2) is 5.91. The van der Waals surface area contributed by atoms with Crippen molar-refractivity contribution in [2.24, 2.45) is 0 Å². The summed E-state index contributed by atoms with van der Waals surface area (Å²) in [6, 6.07) is 7.63. The Bertz CT molecular complexity index is 648. The molecule has 2 aromatic rings. The average molecular weight is 332 g/mol. The molecule has 0 atom stereocenters. The molecule has 2 rings (SSSR count). The molecule has 0 aliphatic heterocycles. The number of rotatable bonds is 2. The number of benzene rings is 2. The van der Waals surface area contributed by atoms with E-state index < -0.39 is 23.5 Å². The Balaban J connectivity index is 2.37. The standard InChI is InChI=1S/C17H14F6/c1-10-3-5-12(8-14(10)16(18,19)20)7-13-6-4-11(2)15(9-13)17(21,22)23/h3-6,8-9H,7H2,1-2H3. The third-order valence-corrected chi connectivity index (χ3v) is 3.62. The molecular formula is C17H14F6. The molecule has 0 saturated heterocycles. The molecule has 0 aliphatic carbocycles. The Morgan fingerprint density at radius 3 is 1.30 bits per heavy atom. The van der Waals surface area contributed by atoms with Crippen LogP contribution in [0.2, 0.25) is 0 Å². The second-order valence-electron chi connectivity index (χ2n) is 5.47. The van der Waals surface area contributed by atoms with Crippen molar-refractivity contribution < 1.29 is 26.3 Å². The van der Waals surface area contributed by atoms with Crippen molar-refractivity contribution in [2.45, 2.75) is 32.6 Å². The number of aryl methyl sites for hydroxylation is 2. The maximum Gasteiger partial charge on any atom is 0.416 e. The zero-order valence-electron chi connectivity index (χ0n) is 12.4. The van der Waals surface area contributed by atoms with Crippen molar-refractivity contribution >= 4 is 0 Å². The molecule has 0 saturated carbocycles. The van der Waals surface area contributed by atoms with Crippen molar-refractivity contribution in [1.29, 1.82) is 0 Å². The maximum atomic E-state index is 12.9. The van der Waals surface area contributed by atoms with E-state index in [9.17, 15) is 26.3 Å². The van der Waals surface area contributed by atoms with Crippen molar-refractivity contribution in [3.05, 3.63) is 69.8 Å². The highest BCUT2D eigenvalue weighted by atomic mass is 19.4. The summed E-state index contributed by atoms with van der Waals surface area (Å²) >= 11 is 0. The van der Waals surface area contributed by atoms with Gasteiger partial charge < -0.3 is 0 Å². The molecule has 0 radical (unpaired) electrons. The topological polar surface area (TPSA) is 0 Å². The molecule has 0 unspecified atom stereocenters. The van der Waals surface area contributed by atoms with E-state index in [0.29, 0.717) is 11.1 Å². The Labute approximate surface area is 129 Å². The van der Waals surface area contributed by atoms with Crippen LogP contribution in [0.25, 0.3) is 0 Å². The summed E-state index contributed by atoms with van der Waals surface area (Å²) in [5.74, 6) is 0. The van der Waals surface area contributed by atoms with Crippen molar-refractivity contribution in [3.63, 3.8) is 0 Å². The number of hydrogen-bond donors (Lipinski definition) is 0. The summed E-state index contributed by atoms with van der Waals surface area (Å²) in [5.41, 5.74) is -0.724. The van der Waals surface area contributed by atoms with Gasteiger partial charge in [0.25, 0.3) is 0 Å². The number of halogens is 6. The molecule has 0 aromatic heterocycles. The predicted molar refractivity (Wildman–Crippen MR) is 75.2 cm³/mol. The first-order chi connectivity index (χ1) is 10.5. The lowest BCUT2D eigenvalue weighted by molar-refractivity contribution is -0.138. The minimum atomic E-state index is -4.48. The van der Waals surface area contributed by atoms with Gasteiger partial charge in [0.05, 0.1) is 11.1 Å². The van der Waals surface area contributed by atoms with E-state index in [4.69, 9.17) is 0 Å². The fourth-order valence-electron chi connectivity index (χ4n) is 2.40. The van der Waals surface area contributed by atoms with Gasteiger partial charge in [-0.25, -0.2) is 0 Å². The summed E-state index contributed by atoms with van der Waals surface area (Å²) in [4.78, 5) is 0. The van der Waals surface area contributed by atoms with E-state index in [1.807, 2.05) is 0 Å². The highest BCUT2D eigenvalue weighted by Gasteiger charge is 2.33. The zero-order valence-corrected chi connectivity index (χ0v) is 12.4. The zero-order chi connectivity index (χ0) is 17.4. The molecule has 2 aromatic carbocycles. The molecule has 0 aliphatic rings. The summed E-state index contributed by atoms with van der Waals surface area (Å²) < 4.78 is 77.4. The van der Waals surface area contributed by atoms with E-state index in [1.54, 1.807) is 0 Å². The van der Waals surface area contributed by atoms with Crippen LogP contribution < -0.4 is 0 Å². The molecule has 0 fully saturated rings. The normalized spacial score (nSPS) is 12.5. The highest BCUT2D eigenvalue weighted by molar-refractivity contribution is 5.39. The first-order valence-electron chi connectivity index (χ1n) is 6.82. The summed E-state index contributed by atoms with van der Waals surface area (Å²) in [6.07, 6.45) is -8.96. The van der Waals surface area contributed by atoms with Crippen LogP contribution in [-0.2, 0) is 18.8 Å². The lowest BCUT2D eigenvalue weighted by Crippen LogP contribution is -2.09. The van der Waals surface area contributed by atoms with Crippen molar-refractivity contribution in [2.75, 3.05) is 0 Å². The van der Waals surface area contributed by atoms with Gasteiger partial charge in [-0.3, -0.25) is 0 Å². The minimum absolute atomic E-state index is 0.00667. The smallest absolute Gasteiger partial charge is 0.166 e. The first-order valence-corrected chi connectivity index (χ1v) is 6.82. The summed E-state index contributed by atoms with van der Waals surface area (Å²) in [5, 5.41) is 0. The van der Waals surface area contributed by atoms with E-state index in [0.717, 1.165) is 12.1 Å². The van der Waals surface area contributed by atoms with Crippen molar-refractivity contribution in [3.8, 4) is 0 Å². The van der Waals surface area contributed by atoms with Crippen LogP contribution in [0.15, 0.2) is 36.4 Å². The van der Waals surface area contributed by atoms with Gasteiger partial charge in [0.1, 0.15) is 0 Å². The predicted octanol–water partition coefficient (Wildman–Crippen LogP) is 5.93. The van der Waals surface area contributed by atoms with Gasteiger partial charge in [-0.1, -0.05) is 24.3 Å². The van der Waals surface area contributed by atoms with E-state index in [2.05, 4.69) is 0 Å². The van der Waals surface area contributed by atoms with Crippen LogP contribution in [-0.4, -0.2) is 0 Å². The van der Waals surface area contributed by atoms with Gasteiger partial charge in [-0.2, -0.15) is 26.3 Å². The summed E-state index contributed by atoms with van der Waals surface area (Å²) in [7, 11) is 0. The molecule has 23 heavy (non-hydrogen) atoms. The maximum absolute atomic E-state index is 12.9. The Hall–Kier alpha value is -1.98. The van der Waals surface area contributed by atoms with Gasteiger partial charge in [-0.15, -0.1) is 0 Å². The third kappa shape index (κ3) is 4.06. The molecule has 0 amide bonds. The average Bonchev–Trinajstić information content (AvgIpc) is 2.40. The largest absolute Gasteiger partial charge is 0.416 e. The Morgan fingerprint density at radius 1 is 0.652 bits per heavy atom. The Morgan fingerprint density at radius 2 is 1.00 bits per heavy atom. The van der Waals surface area contributed by atoms with Gasteiger partial charge in [0, 0.05) is 0 Å². The monoisotopic (exact) mass is 332 g/mol. The van der Waals surface area contributed by atoms with Crippen LogP contribution in [0.5, 0.6) is 0 Å².